The van der Waals surface area contributed by atoms with Gasteiger partial charge in [-0.2, -0.15) is 0 Å². The number of hydrogen-bond donors (Lipinski definition) is 6. The van der Waals surface area contributed by atoms with Crippen molar-refractivity contribution in [3.8, 4) is 0 Å². The van der Waals surface area contributed by atoms with E-state index in [0.29, 0.717) is 12.8 Å². The van der Waals surface area contributed by atoms with Crippen LogP contribution in [0.25, 0.3) is 0 Å². The van der Waals surface area contributed by atoms with Crippen LogP contribution in [-0.2, 0) is 14.3 Å². The first-order chi connectivity index (χ1) is 33.8. The minimum atomic E-state index is -1.55. The lowest BCUT2D eigenvalue weighted by molar-refractivity contribution is -0.302. The van der Waals surface area contributed by atoms with E-state index in [2.05, 4.69) is 19.2 Å². The molecule has 412 valence electrons. The van der Waals surface area contributed by atoms with Gasteiger partial charge in [0.1, 0.15) is 24.4 Å². The van der Waals surface area contributed by atoms with Crippen molar-refractivity contribution in [3.05, 3.63) is 0 Å². The van der Waals surface area contributed by atoms with Crippen LogP contribution in [0.4, 0.5) is 0 Å². The van der Waals surface area contributed by atoms with Gasteiger partial charge < -0.3 is 40.3 Å². The first kappa shape index (κ1) is 66.2. The van der Waals surface area contributed by atoms with Crippen LogP contribution in [0.2, 0.25) is 0 Å². The van der Waals surface area contributed by atoms with Crippen molar-refractivity contribution in [2.45, 2.75) is 365 Å². The highest BCUT2D eigenvalue weighted by Crippen LogP contribution is 2.24. The molecule has 1 fully saturated rings. The second kappa shape index (κ2) is 50.7. The van der Waals surface area contributed by atoms with Gasteiger partial charge in [0.2, 0.25) is 5.91 Å². The maximum atomic E-state index is 13.1. The number of rotatable bonds is 54. The minimum absolute atomic E-state index is 0.131. The molecule has 1 heterocycles. The summed E-state index contributed by atoms with van der Waals surface area (Å²) in [6.07, 6.45) is 54.5. The Morgan fingerprint density at radius 2 is 0.725 bits per heavy atom. The topological polar surface area (TPSA) is 149 Å². The predicted molar refractivity (Wildman–Crippen MR) is 291 cm³/mol. The number of nitrogens with one attached hydrogen (secondary N) is 1. The molecular weight excluding hydrogens is 863 g/mol. The number of unbranched alkanes of at least 4 members (excludes halogenated alkanes) is 44. The third-order valence-electron chi connectivity index (χ3n) is 15.2. The standard InChI is InChI=1S/C60H119NO8/c1-3-5-7-9-11-13-15-17-19-20-21-22-23-24-25-26-27-28-29-30-31-32-33-34-35-36-38-40-42-44-46-48-50-56(64)61-53(52-68-60-59(67)58(66)57(65)55(51-62)69-60)54(63)49-47-45-43-41-39-37-18-16-14-12-10-8-6-4-2/h53-55,57-60,62-63,65-67H,3-52H2,1-2H3,(H,61,64)/t53-,54+,55+,57+,58?,59?,60+/m0/s1. The molecule has 1 aliphatic heterocycles. The van der Waals surface area contributed by atoms with Gasteiger partial charge in [0.15, 0.2) is 6.29 Å². The van der Waals surface area contributed by atoms with Crippen molar-refractivity contribution in [2.75, 3.05) is 13.2 Å². The van der Waals surface area contributed by atoms with E-state index >= 15 is 0 Å². The molecule has 0 saturated carbocycles. The molecule has 1 saturated heterocycles. The summed E-state index contributed by atoms with van der Waals surface area (Å²) in [6.45, 7) is 3.88. The largest absolute Gasteiger partial charge is 0.394 e. The maximum Gasteiger partial charge on any atom is 0.220 e. The molecule has 2 unspecified atom stereocenters. The van der Waals surface area contributed by atoms with Gasteiger partial charge in [-0.1, -0.05) is 303 Å². The zero-order valence-electron chi connectivity index (χ0n) is 45.9. The van der Waals surface area contributed by atoms with Crippen LogP contribution in [0.15, 0.2) is 0 Å². The van der Waals surface area contributed by atoms with Crippen LogP contribution < -0.4 is 5.32 Å². The molecule has 69 heavy (non-hydrogen) atoms. The van der Waals surface area contributed by atoms with Crippen molar-refractivity contribution in [1.29, 1.82) is 0 Å². The Kier molecular flexibility index (Phi) is 48.7. The molecule has 0 aromatic heterocycles. The fourth-order valence-electron chi connectivity index (χ4n) is 10.3. The number of carbonyl (C=O) groups is 1. The molecule has 0 aromatic rings. The Hall–Kier alpha value is -0.810. The molecule has 0 aliphatic carbocycles. The average Bonchev–Trinajstić information content (AvgIpc) is 3.35. The molecular formula is C60H119NO8. The quantitative estimate of drug-likeness (QED) is 0.0330. The monoisotopic (exact) mass is 982 g/mol. The summed E-state index contributed by atoms with van der Waals surface area (Å²) >= 11 is 0. The lowest BCUT2D eigenvalue weighted by Crippen LogP contribution is -2.60. The third-order valence-corrected chi connectivity index (χ3v) is 15.2. The van der Waals surface area contributed by atoms with Crippen LogP contribution in [0.3, 0.4) is 0 Å². The Labute approximate surface area is 427 Å². The molecule has 0 bridgehead atoms. The van der Waals surface area contributed by atoms with Crippen molar-refractivity contribution in [2.24, 2.45) is 0 Å². The first-order valence-electron chi connectivity index (χ1n) is 30.7. The highest BCUT2D eigenvalue weighted by atomic mass is 16.7. The maximum absolute atomic E-state index is 13.1. The molecule has 1 amide bonds. The van der Waals surface area contributed by atoms with Crippen LogP contribution in [0.1, 0.15) is 322 Å². The first-order valence-corrected chi connectivity index (χ1v) is 30.7. The van der Waals surface area contributed by atoms with E-state index in [4.69, 9.17) is 9.47 Å². The Morgan fingerprint density at radius 3 is 1.03 bits per heavy atom. The van der Waals surface area contributed by atoms with Gasteiger partial charge in [0.05, 0.1) is 25.4 Å². The second-order valence-electron chi connectivity index (χ2n) is 21.9. The van der Waals surface area contributed by atoms with Gasteiger partial charge in [0.25, 0.3) is 0 Å². The van der Waals surface area contributed by atoms with Crippen molar-refractivity contribution < 1.29 is 39.8 Å². The van der Waals surface area contributed by atoms with Gasteiger partial charge in [-0.15, -0.1) is 0 Å². The lowest BCUT2D eigenvalue weighted by atomic mass is 9.99. The summed E-state index contributed by atoms with van der Waals surface area (Å²) in [7, 11) is 0. The van der Waals surface area contributed by atoms with Gasteiger partial charge in [-0.05, 0) is 12.8 Å². The highest BCUT2D eigenvalue weighted by molar-refractivity contribution is 5.76. The van der Waals surface area contributed by atoms with E-state index in [1.165, 1.54) is 257 Å². The molecule has 0 aromatic carbocycles. The van der Waals surface area contributed by atoms with E-state index in [0.717, 1.165) is 38.5 Å². The van der Waals surface area contributed by atoms with Crippen LogP contribution in [-0.4, -0.2) is 87.5 Å². The summed E-state index contributed by atoms with van der Waals surface area (Å²) in [5.74, 6) is -0.136. The molecule has 0 radical (unpaired) electrons. The average molecular weight is 983 g/mol. The number of carbonyl (C=O) groups excluding carboxylic acids is 1. The summed E-state index contributed by atoms with van der Waals surface area (Å²) in [5, 5.41) is 54.6. The summed E-state index contributed by atoms with van der Waals surface area (Å²) in [6, 6.07) is -0.713. The Bertz CT molecular complexity index is 1050. The fraction of sp³-hybridized carbons (Fsp3) is 0.983. The van der Waals surface area contributed by atoms with Gasteiger partial charge in [-0.3, -0.25) is 4.79 Å². The zero-order chi connectivity index (χ0) is 50.1. The number of aliphatic hydroxyl groups excluding tert-OH is 5. The molecule has 1 aliphatic rings. The molecule has 0 spiro atoms. The van der Waals surface area contributed by atoms with Crippen LogP contribution >= 0.6 is 0 Å². The van der Waals surface area contributed by atoms with Crippen LogP contribution in [0.5, 0.6) is 0 Å². The van der Waals surface area contributed by atoms with E-state index < -0.39 is 49.5 Å². The minimum Gasteiger partial charge on any atom is -0.394 e. The van der Waals surface area contributed by atoms with E-state index in [-0.39, 0.29) is 12.5 Å². The normalized spacial score (nSPS) is 19.3. The number of amides is 1. The summed E-state index contributed by atoms with van der Waals surface area (Å²) in [4.78, 5) is 13.1. The Morgan fingerprint density at radius 1 is 0.435 bits per heavy atom. The summed E-state index contributed by atoms with van der Waals surface area (Å²) < 4.78 is 11.3. The zero-order valence-corrected chi connectivity index (χ0v) is 45.9. The molecule has 7 atom stereocenters. The second-order valence-corrected chi connectivity index (χ2v) is 21.9. The number of aliphatic hydroxyl groups is 5. The van der Waals surface area contributed by atoms with E-state index in [9.17, 15) is 30.3 Å². The Balaban J connectivity index is 2.07. The van der Waals surface area contributed by atoms with Crippen molar-refractivity contribution in [3.63, 3.8) is 0 Å². The smallest absolute Gasteiger partial charge is 0.220 e. The van der Waals surface area contributed by atoms with Gasteiger partial charge in [0, 0.05) is 6.42 Å². The highest BCUT2D eigenvalue weighted by Gasteiger charge is 2.44. The van der Waals surface area contributed by atoms with Crippen LogP contribution in [0, 0.1) is 0 Å². The number of ether oxygens (including phenoxy) is 2. The predicted octanol–water partition coefficient (Wildman–Crippen LogP) is 15.4. The third kappa shape index (κ3) is 40.3. The summed E-state index contributed by atoms with van der Waals surface area (Å²) in [5.41, 5.74) is 0. The van der Waals surface area contributed by atoms with Gasteiger partial charge >= 0.3 is 0 Å². The fourth-order valence-corrected chi connectivity index (χ4v) is 10.3. The van der Waals surface area contributed by atoms with E-state index in [1.807, 2.05) is 0 Å². The van der Waals surface area contributed by atoms with E-state index in [1.54, 1.807) is 0 Å². The molecule has 6 N–H and O–H groups in total. The van der Waals surface area contributed by atoms with Gasteiger partial charge in [-0.25, -0.2) is 0 Å². The lowest BCUT2D eigenvalue weighted by Gasteiger charge is -2.40. The number of hydrogen-bond acceptors (Lipinski definition) is 8. The SMILES string of the molecule is CCCCCCCCCCCCCCCCCCCCCCCCCCCCCCCCCCC(=O)N[C@@H](CO[C@@H]1O[C@H](CO)[C@@H](O)C(O)C1O)[C@H](O)CCCCCCCCCCCCCCCC. The molecule has 1 rings (SSSR count). The van der Waals surface area contributed by atoms with Crippen molar-refractivity contribution in [1.82, 2.24) is 5.32 Å². The molecule has 9 heteroatoms. The molecule has 9 nitrogen and oxygen atoms in total. The van der Waals surface area contributed by atoms with Crippen molar-refractivity contribution >= 4 is 5.91 Å².